The molecule has 2 aromatic carbocycles. The molecule has 1 aliphatic rings. The molecule has 1 aliphatic heterocycles. The lowest BCUT2D eigenvalue weighted by Gasteiger charge is -2.22. The molecule has 0 saturated carbocycles. The lowest BCUT2D eigenvalue weighted by molar-refractivity contribution is -0.128. The second-order valence-electron chi connectivity index (χ2n) is 9.73. The van der Waals surface area contributed by atoms with E-state index in [-0.39, 0.29) is 30.0 Å². The van der Waals surface area contributed by atoms with E-state index >= 15 is 0 Å². The van der Waals surface area contributed by atoms with Crippen molar-refractivity contribution in [1.82, 2.24) is 15.2 Å². The Hall–Kier alpha value is -3.68. The Morgan fingerprint density at radius 2 is 1.94 bits per heavy atom. The van der Waals surface area contributed by atoms with Gasteiger partial charge in [-0.05, 0) is 63.1 Å². The van der Waals surface area contributed by atoms with Crippen LogP contribution in [0.3, 0.4) is 0 Å². The third kappa shape index (κ3) is 5.27. The summed E-state index contributed by atoms with van der Waals surface area (Å²) in [6.45, 7) is 6.40. The number of hydrogen-bond acceptors (Lipinski definition) is 3. The van der Waals surface area contributed by atoms with Crippen LogP contribution in [0.15, 0.2) is 48.7 Å². The lowest BCUT2D eigenvalue weighted by Crippen LogP contribution is -2.41. The van der Waals surface area contributed by atoms with Crippen LogP contribution in [0.4, 0.5) is 10.1 Å². The smallest absolute Gasteiger partial charge is 0.253 e. The molecule has 0 spiro atoms. The number of likely N-dealkylation sites (tertiary alicyclic amines) is 1. The van der Waals surface area contributed by atoms with Crippen LogP contribution >= 0.6 is 0 Å². The fourth-order valence-electron chi connectivity index (χ4n) is 4.21. The molecular formula is C26H29FN4O3. The maximum absolute atomic E-state index is 13.6. The van der Waals surface area contributed by atoms with E-state index in [0.29, 0.717) is 30.8 Å². The van der Waals surface area contributed by atoms with Crippen LogP contribution in [0.1, 0.15) is 43.1 Å². The number of benzene rings is 2. The zero-order chi connectivity index (χ0) is 24.5. The highest BCUT2D eigenvalue weighted by Gasteiger charge is 2.34. The third-order valence-corrected chi connectivity index (χ3v) is 5.88. The Balaban J connectivity index is 1.39. The molecule has 3 N–H and O–H groups in total. The van der Waals surface area contributed by atoms with Crippen molar-refractivity contribution >= 4 is 34.3 Å². The highest BCUT2D eigenvalue weighted by molar-refractivity contribution is 6.05. The average molecular weight is 465 g/mol. The van der Waals surface area contributed by atoms with E-state index in [1.165, 1.54) is 12.1 Å². The highest BCUT2D eigenvalue weighted by Crippen LogP contribution is 2.24. The predicted octanol–water partition coefficient (Wildman–Crippen LogP) is 3.87. The number of halogens is 1. The highest BCUT2D eigenvalue weighted by atomic mass is 19.1. The molecule has 34 heavy (non-hydrogen) atoms. The van der Waals surface area contributed by atoms with E-state index in [1.54, 1.807) is 35.2 Å². The number of carbonyl (C=O) groups is 3. The van der Waals surface area contributed by atoms with E-state index in [4.69, 9.17) is 0 Å². The SMILES string of the molecule is CC(C)(C)NC(=O)c1ccccc1NC(=O)[C@H]1CC(=O)N(CCc2c[nH]c3ccc(F)cc23)C1. The van der Waals surface area contributed by atoms with E-state index in [2.05, 4.69) is 15.6 Å². The Bertz CT molecular complexity index is 1240. The number of aromatic nitrogens is 1. The van der Waals surface area contributed by atoms with Crippen LogP contribution in [0.5, 0.6) is 0 Å². The lowest BCUT2D eigenvalue weighted by atomic mass is 10.1. The molecule has 1 aromatic heterocycles. The molecule has 1 saturated heterocycles. The summed E-state index contributed by atoms with van der Waals surface area (Å²) < 4.78 is 13.6. The molecule has 0 radical (unpaired) electrons. The second kappa shape index (κ2) is 9.29. The van der Waals surface area contributed by atoms with Gasteiger partial charge in [-0.15, -0.1) is 0 Å². The van der Waals surface area contributed by atoms with Gasteiger partial charge in [0.25, 0.3) is 5.91 Å². The van der Waals surface area contributed by atoms with Gasteiger partial charge in [0, 0.05) is 42.1 Å². The number of H-pyrrole nitrogens is 1. The molecule has 178 valence electrons. The molecule has 4 rings (SSSR count). The van der Waals surface area contributed by atoms with Crippen LogP contribution in [-0.2, 0) is 16.0 Å². The summed E-state index contributed by atoms with van der Waals surface area (Å²) in [6, 6.07) is 11.4. The first-order chi connectivity index (χ1) is 16.1. The quantitative estimate of drug-likeness (QED) is 0.517. The minimum Gasteiger partial charge on any atom is -0.361 e. The molecular weight excluding hydrogens is 435 g/mol. The predicted molar refractivity (Wildman–Crippen MR) is 129 cm³/mol. The molecule has 0 bridgehead atoms. The Morgan fingerprint density at radius 1 is 1.18 bits per heavy atom. The minimum atomic E-state index is -0.508. The standard InChI is InChI=1S/C26H29FN4O3/c1-26(2,3)30-25(34)19-6-4-5-7-22(19)29-24(33)17-12-23(32)31(15-17)11-10-16-14-28-21-9-8-18(27)13-20(16)21/h4-9,13-14,17,28H,10-12,15H2,1-3H3,(H,29,33)(H,30,34)/t17-/m0/s1. The van der Waals surface area contributed by atoms with E-state index in [1.807, 2.05) is 27.0 Å². The summed E-state index contributed by atoms with van der Waals surface area (Å²) in [6.07, 6.45) is 2.50. The van der Waals surface area contributed by atoms with Crippen LogP contribution in [0.25, 0.3) is 10.9 Å². The van der Waals surface area contributed by atoms with Crippen LogP contribution < -0.4 is 10.6 Å². The molecule has 0 unspecified atom stereocenters. The summed E-state index contributed by atoms with van der Waals surface area (Å²) in [5.74, 6) is -1.47. The second-order valence-corrected chi connectivity index (χ2v) is 9.73. The van der Waals surface area contributed by atoms with Crippen molar-refractivity contribution in [3.8, 4) is 0 Å². The van der Waals surface area contributed by atoms with Crippen molar-refractivity contribution in [1.29, 1.82) is 0 Å². The number of aromatic amines is 1. The zero-order valence-corrected chi connectivity index (χ0v) is 19.6. The number of carbonyl (C=O) groups excluding carboxylic acids is 3. The van der Waals surface area contributed by atoms with Gasteiger partial charge in [-0.3, -0.25) is 14.4 Å². The average Bonchev–Trinajstić information content (AvgIpc) is 3.34. The molecule has 3 aromatic rings. The van der Waals surface area contributed by atoms with Crippen molar-refractivity contribution in [3.05, 3.63) is 65.6 Å². The van der Waals surface area contributed by atoms with Gasteiger partial charge in [-0.2, -0.15) is 0 Å². The van der Waals surface area contributed by atoms with E-state index < -0.39 is 11.5 Å². The minimum absolute atomic E-state index is 0.0927. The number of hydrogen-bond donors (Lipinski definition) is 3. The van der Waals surface area contributed by atoms with Gasteiger partial charge in [0.05, 0.1) is 17.2 Å². The monoisotopic (exact) mass is 464 g/mol. The summed E-state index contributed by atoms with van der Waals surface area (Å²) in [5, 5.41) is 6.53. The number of fused-ring (bicyclic) bond motifs is 1. The molecule has 2 heterocycles. The fourth-order valence-corrected chi connectivity index (χ4v) is 4.21. The number of para-hydroxylation sites is 1. The molecule has 1 fully saturated rings. The van der Waals surface area contributed by atoms with Crippen LogP contribution in [0.2, 0.25) is 0 Å². The topological polar surface area (TPSA) is 94.3 Å². The van der Waals surface area contributed by atoms with E-state index in [0.717, 1.165) is 16.5 Å². The Morgan fingerprint density at radius 3 is 2.71 bits per heavy atom. The fraction of sp³-hybridized carbons (Fsp3) is 0.346. The summed E-state index contributed by atoms with van der Waals surface area (Å²) in [5.41, 5.74) is 2.15. The van der Waals surface area contributed by atoms with Crippen molar-refractivity contribution in [2.45, 2.75) is 39.2 Å². The maximum atomic E-state index is 13.6. The van der Waals surface area contributed by atoms with Crippen LogP contribution in [0, 0.1) is 11.7 Å². The van der Waals surface area contributed by atoms with Gasteiger partial charge >= 0.3 is 0 Å². The zero-order valence-electron chi connectivity index (χ0n) is 19.6. The normalized spacial score (nSPS) is 16.2. The number of nitrogens with zero attached hydrogens (tertiary/aromatic N) is 1. The van der Waals surface area contributed by atoms with Gasteiger partial charge in [0.1, 0.15) is 5.82 Å². The van der Waals surface area contributed by atoms with Crippen molar-refractivity contribution < 1.29 is 18.8 Å². The third-order valence-electron chi connectivity index (χ3n) is 5.88. The first-order valence-corrected chi connectivity index (χ1v) is 11.4. The van der Waals surface area contributed by atoms with Crippen molar-refractivity contribution in [3.63, 3.8) is 0 Å². The first kappa shape index (κ1) is 23.5. The van der Waals surface area contributed by atoms with Gasteiger partial charge < -0.3 is 20.5 Å². The summed E-state index contributed by atoms with van der Waals surface area (Å²) in [4.78, 5) is 42.9. The van der Waals surface area contributed by atoms with Crippen molar-refractivity contribution in [2.24, 2.45) is 5.92 Å². The number of rotatable bonds is 6. The van der Waals surface area contributed by atoms with E-state index in [9.17, 15) is 18.8 Å². The maximum Gasteiger partial charge on any atom is 0.253 e. The summed E-state index contributed by atoms with van der Waals surface area (Å²) in [7, 11) is 0. The van der Waals surface area contributed by atoms with Gasteiger partial charge in [0.2, 0.25) is 11.8 Å². The molecule has 1 atom stereocenters. The number of nitrogens with one attached hydrogen (secondary N) is 3. The largest absolute Gasteiger partial charge is 0.361 e. The van der Waals surface area contributed by atoms with Gasteiger partial charge in [0.15, 0.2) is 0 Å². The number of anilines is 1. The summed E-state index contributed by atoms with van der Waals surface area (Å²) >= 11 is 0. The van der Waals surface area contributed by atoms with Gasteiger partial charge in [-0.25, -0.2) is 4.39 Å². The van der Waals surface area contributed by atoms with Crippen molar-refractivity contribution in [2.75, 3.05) is 18.4 Å². The Labute approximate surface area is 197 Å². The molecule has 7 nitrogen and oxygen atoms in total. The molecule has 8 heteroatoms. The first-order valence-electron chi connectivity index (χ1n) is 11.4. The van der Waals surface area contributed by atoms with Crippen LogP contribution in [-0.4, -0.2) is 46.2 Å². The number of amides is 3. The van der Waals surface area contributed by atoms with Gasteiger partial charge in [-0.1, -0.05) is 12.1 Å². The molecule has 0 aliphatic carbocycles. The Kier molecular flexibility index (Phi) is 6.41. The molecule has 3 amide bonds.